The zero-order valence-electron chi connectivity index (χ0n) is 14.6. The van der Waals surface area contributed by atoms with E-state index >= 15 is 0 Å². The number of rotatable bonds is 5. The Morgan fingerprint density at radius 3 is 2.38 bits per heavy atom. The predicted molar refractivity (Wildman–Crippen MR) is 97.3 cm³/mol. The molecule has 0 spiro atoms. The first-order valence-electron chi connectivity index (χ1n) is 8.52. The smallest absolute Gasteiger partial charge is 0.324 e. The third kappa shape index (κ3) is 4.27. The molecule has 1 heterocycles. The van der Waals surface area contributed by atoms with Gasteiger partial charge in [-0.25, -0.2) is 4.79 Å². The van der Waals surface area contributed by atoms with E-state index in [-0.39, 0.29) is 37.4 Å². The zero-order chi connectivity index (χ0) is 18.5. The van der Waals surface area contributed by atoms with Crippen LogP contribution in [0.25, 0.3) is 0 Å². The van der Waals surface area contributed by atoms with Crippen molar-refractivity contribution in [3.8, 4) is 0 Å². The van der Waals surface area contributed by atoms with E-state index in [0.29, 0.717) is 0 Å². The van der Waals surface area contributed by atoms with Gasteiger partial charge in [0.2, 0.25) is 11.8 Å². The quantitative estimate of drug-likeness (QED) is 0.866. The molecule has 1 aliphatic heterocycles. The monoisotopic (exact) mass is 351 g/mol. The molecule has 6 heteroatoms. The Bertz CT molecular complexity index is 803. The highest BCUT2D eigenvalue weighted by molar-refractivity contribution is 5.98. The fourth-order valence-electron chi connectivity index (χ4n) is 2.89. The van der Waals surface area contributed by atoms with E-state index in [1.54, 1.807) is 0 Å². The number of carbonyl (C=O) groups is 3. The summed E-state index contributed by atoms with van der Waals surface area (Å²) in [4.78, 5) is 36.9. The molecule has 3 rings (SSSR count). The minimum Gasteiger partial charge on any atom is -0.344 e. The van der Waals surface area contributed by atoms with E-state index in [2.05, 4.69) is 10.6 Å². The minimum absolute atomic E-state index is 0.0890. The Labute approximate surface area is 152 Å². The van der Waals surface area contributed by atoms with Crippen LogP contribution in [0.4, 0.5) is 4.79 Å². The highest BCUT2D eigenvalue weighted by Crippen LogP contribution is 2.22. The fraction of sp³-hybridized carbons (Fsp3) is 0.250. The first-order chi connectivity index (χ1) is 12.5. The van der Waals surface area contributed by atoms with E-state index < -0.39 is 6.03 Å². The van der Waals surface area contributed by atoms with Gasteiger partial charge in [-0.15, -0.1) is 0 Å². The number of carbonyl (C=O) groups excluding carboxylic acids is 3. The first kappa shape index (κ1) is 17.7. The Morgan fingerprint density at radius 2 is 1.73 bits per heavy atom. The summed E-state index contributed by atoms with van der Waals surface area (Å²) >= 11 is 0. The van der Waals surface area contributed by atoms with Crippen molar-refractivity contribution in [1.29, 1.82) is 0 Å². The highest BCUT2D eigenvalue weighted by atomic mass is 16.2. The number of nitrogens with zero attached hydrogens (tertiary/aromatic N) is 1. The first-order valence-corrected chi connectivity index (χ1v) is 8.52. The average molecular weight is 351 g/mol. The topological polar surface area (TPSA) is 78.5 Å². The molecule has 1 fully saturated rings. The van der Waals surface area contributed by atoms with Crippen LogP contribution in [0.1, 0.15) is 29.2 Å². The molecular formula is C20H21N3O3. The third-order valence-corrected chi connectivity index (χ3v) is 4.33. The largest absolute Gasteiger partial charge is 0.344 e. The number of hydrogen-bond acceptors (Lipinski definition) is 3. The number of urea groups is 1. The summed E-state index contributed by atoms with van der Waals surface area (Å²) < 4.78 is 0. The molecule has 4 amide bonds. The van der Waals surface area contributed by atoms with Gasteiger partial charge in [-0.05, 0) is 18.1 Å². The summed E-state index contributed by atoms with van der Waals surface area (Å²) in [5, 5.41) is 5.23. The molecule has 2 aromatic rings. The molecular weight excluding hydrogens is 330 g/mol. The Balaban J connectivity index is 1.75. The fourth-order valence-corrected chi connectivity index (χ4v) is 2.89. The maximum absolute atomic E-state index is 12.5. The summed E-state index contributed by atoms with van der Waals surface area (Å²) in [5.41, 5.74) is 3.07. The number of imide groups is 1. The van der Waals surface area contributed by atoms with Crippen LogP contribution in [0.2, 0.25) is 0 Å². The van der Waals surface area contributed by atoms with Crippen LogP contribution in [-0.2, 0) is 9.59 Å². The van der Waals surface area contributed by atoms with Crippen LogP contribution in [0.15, 0.2) is 54.6 Å². The van der Waals surface area contributed by atoms with Gasteiger partial charge in [0.15, 0.2) is 0 Å². The number of nitrogens with one attached hydrogen (secondary N) is 2. The van der Waals surface area contributed by atoms with Crippen molar-refractivity contribution < 1.29 is 14.4 Å². The molecule has 0 aromatic heterocycles. The van der Waals surface area contributed by atoms with Gasteiger partial charge in [-0.1, -0.05) is 60.2 Å². The van der Waals surface area contributed by atoms with Gasteiger partial charge in [0.25, 0.3) is 0 Å². The van der Waals surface area contributed by atoms with Gasteiger partial charge in [-0.2, -0.15) is 0 Å². The van der Waals surface area contributed by atoms with Crippen molar-refractivity contribution in [3.63, 3.8) is 0 Å². The van der Waals surface area contributed by atoms with Crippen molar-refractivity contribution in [2.75, 3.05) is 13.1 Å². The summed E-state index contributed by atoms with van der Waals surface area (Å²) in [5.74, 6) is -0.586. The molecule has 2 N–H and O–H groups in total. The number of benzene rings is 2. The van der Waals surface area contributed by atoms with Crippen molar-refractivity contribution in [1.82, 2.24) is 15.5 Å². The standard InChI is InChI=1S/C20H21N3O3/c1-14-7-9-16(10-8-14)19(15-5-3-2-4-6-15)21-18(25)13-23-12-11-17(24)22-20(23)26/h2-10,19H,11-13H2,1H3,(H,21,25)(H,22,24,26). The molecule has 0 bridgehead atoms. The lowest BCUT2D eigenvalue weighted by atomic mass is 9.98. The molecule has 0 saturated carbocycles. The van der Waals surface area contributed by atoms with E-state index in [1.807, 2.05) is 61.5 Å². The Kier molecular flexibility index (Phi) is 5.31. The molecule has 1 atom stereocenters. The van der Waals surface area contributed by atoms with Crippen molar-refractivity contribution in [2.24, 2.45) is 0 Å². The van der Waals surface area contributed by atoms with Crippen LogP contribution in [0.5, 0.6) is 0 Å². The number of aryl methyl sites for hydroxylation is 1. The maximum atomic E-state index is 12.5. The van der Waals surface area contributed by atoms with Crippen LogP contribution >= 0.6 is 0 Å². The van der Waals surface area contributed by atoms with Crippen LogP contribution < -0.4 is 10.6 Å². The maximum Gasteiger partial charge on any atom is 0.324 e. The molecule has 1 saturated heterocycles. The van der Waals surface area contributed by atoms with Gasteiger partial charge < -0.3 is 10.2 Å². The van der Waals surface area contributed by atoms with Gasteiger partial charge in [0, 0.05) is 13.0 Å². The summed E-state index contributed by atoms with van der Waals surface area (Å²) in [7, 11) is 0. The normalized spacial score (nSPS) is 15.3. The SMILES string of the molecule is Cc1ccc(C(NC(=O)CN2CCC(=O)NC2=O)c2ccccc2)cc1. The van der Waals surface area contributed by atoms with Crippen LogP contribution in [-0.4, -0.2) is 35.8 Å². The second-order valence-corrected chi connectivity index (χ2v) is 6.35. The van der Waals surface area contributed by atoms with Crippen LogP contribution in [0.3, 0.4) is 0 Å². The Morgan fingerprint density at radius 1 is 1.08 bits per heavy atom. The second-order valence-electron chi connectivity index (χ2n) is 6.35. The average Bonchev–Trinajstić information content (AvgIpc) is 2.64. The van der Waals surface area contributed by atoms with E-state index in [9.17, 15) is 14.4 Å². The van der Waals surface area contributed by atoms with Gasteiger partial charge in [0.05, 0.1) is 6.04 Å². The molecule has 0 aliphatic carbocycles. The number of amides is 4. The molecule has 2 aromatic carbocycles. The lowest BCUT2D eigenvalue weighted by Crippen LogP contribution is -2.52. The van der Waals surface area contributed by atoms with E-state index in [0.717, 1.165) is 16.7 Å². The molecule has 1 aliphatic rings. The molecule has 26 heavy (non-hydrogen) atoms. The molecule has 0 radical (unpaired) electrons. The minimum atomic E-state index is -0.525. The second kappa shape index (κ2) is 7.82. The van der Waals surface area contributed by atoms with Crippen molar-refractivity contribution in [3.05, 3.63) is 71.3 Å². The molecule has 1 unspecified atom stereocenters. The summed E-state index contributed by atoms with van der Waals surface area (Å²) in [6, 6.07) is 16.8. The summed E-state index contributed by atoms with van der Waals surface area (Å²) in [6.07, 6.45) is 0.207. The van der Waals surface area contributed by atoms with Gasteiger partial charge in [-0.3, -0.25) is 14.9 Å². The molecule has 6 nitrogen and oxygen atoms in total. The van der Waals surface area contributed by atoms with Crippen LogP contribution in [0, 0.1) is 6.92 Å². The van der Waals surface area contributed by atoms with Crippen molar-refractivity contribution >= 4 is 17.8 Å². The van der Waals surface area contributed by atoms with E-state index in [1.165, 1.54) is 4.90 Å². The van der Waals surface area contributed by atoms with Crippen molar-refractivity contribution in [2.45, 2.75) is 19.4 Å². The molecule has 134 valence electrons. The van der Waals surface area contributed by atoms with Gasteiger partial charge >= 0.3 is 6.03 Å². The van der Waals surface area contributed by atoms with E-state index in [4.69, 9.17) is 0 Å². The lowest BCUT2D eigenvalue weighted by molar-refractivity contribution is -0.125. The Hall–Kier alpha value is -3.15. The van der Waals surface area contributed by atoms with Gasteiger partial charge in [0.1, 0.15) is 6.54 Å². The lowest BCUT2D eigenvalue weighted by Gasteiger charge is -2.27. The third-order valence-electron chi connectivity index (χ3n) is 4.33. The predicted octanol–water partition coefficient (Wildman–Crippen LogP) is 2.14. The zero-order valence-corrected chi connectivity index (χ0v) is 14.6. The summed E-state index contributed by atoms with van der Waals surface area (Å²) in [6.45, 7) is 2.17. The highest BCUT2D eigenvalue weighted by Gasteiger charge is 2.26. The number of hydrogen-bond donors (Lipinski definition) is 2.